The monoisotopic (exact) mass is 529 g/mol. The highest BCUT2D eigenvalue weighted by Crippen LogP contribution is 2.45. The average Bonchev–Trinajstić information content (AvgIpc) is 3.59. The average molecular weight is 530 g/mol. The van der Waals surface area contributed by atoms with E-state index in [2.05, 4.69) is 100 Å². The first kappa shape index (κ1) is 22.3. The molecule has 194 valence electrons. The molecular weight excluding hydrogens is 506 g/mol. The number of hydrogen-bond donors (Lipinski definition) is 1. The van der Waals surface area contributed by atoms with E-state index in [1.54, 1.807) is 6.20 Å². The Hall–Kier alpha value is -5.55. The first-order valence-corrected chi connectivity index (χ1v) is 13.7. The third-order valence-electron chi connectivity index (χ3n) is 8.20. The molecule has 8 aromatic rings. The molecule has 0 atom stereocenters. The summed E-state index contributed by atoms with van der Waals surface area (Å²) in [7, 11) is 0. The molecule has 0 unspecified atom stereocenters. The third-order valence-corrected chi connectivity index (χ3v) is 8.20. The van der Waals surface area contributed by atoms with Crippen LogP contribution in [0.3, 0.4) is 0 Å². The van der Waals surface area contributed by atoms with Gasteiger partial charge >= 0.3 is 0 Å². The number of nitrogens with one attached hydrogen (secondary N) is 1. The zero-order valence-electron chi connectivity index (χ0n) is 22.0. The minimum Gasteiger partial charge on any atom is -0.456 e. The largest absolute Gasteiger partial charge is 0.456 e. The van der Waals surface area contributed by atoms with E-state index in [1.165, 1.54) is 27.1 Å². The second-order valence-corrected chi connectivity index (χ2v) is 10.5. The summed E-state index contributed by atoms with van der Waals surface area (Å²) in [6, 6.07) is 34.3. The molecule has 1 aliphatic rings. The van der Waals surface area contributed by atoms with Gasteiger partial charge in [0.1, 0.15) is 22.5 Å². The Morgan fingerprint density at radius 3 is 2.49 bits per heavy atom. The van der Waals surface area contributed by atoms with E-state index in [9.17, 15) is 0 Å². The summed E-state index contributed by atoms with van der Waals surface area (Å²) in [4.78, 5) is 6.73. The normalized spacial score (nSPS) is 12.9. The van der Waals surface area contributed by atoms with Gasteiger partial charge in [-0.1, -0.05) is 48.5 Å². The van der Waals surface area contributed by atoms with E-state index >= 15 is 0 Å². The zero-order chi connectivity index (χ0) is 26.9. The predicted octanol–water partition coefficient (Wildman–Crippen LogP) is 9.58. The minimum atomic E-state index is 0.757. The highest BCUT2D eigenvalue weighted by molar-refractivity contribution is 6.14. The van der Waals surface area contributed by atoms with Gasteiger partial charge in [-0.2, -0.15) is 0 Å². The maximum atomic E-state index is 6.34. The van der Waals surface area contributed by atoms with Crippen LogP contribution in [0.4, 0.5) is 17.1 Å². The van der Waals surface area contributed by atoms with Crippen LogP contribution in [-0.2, 0) is 6.54 Å². The number of pyridine rings is 1. The maximum Gasteiger partial charge on any atom is 0.138 e. The van der Waals surface area contributed by atoms with Crippen molar-refractivity contribution in [1.82, 2.24) is 10.3 Å². The van der Waals surface area contributed by atoms with Crippen LogP contribution >= 0.6 is 0 Å². The first-order chi connectivity index (χ1) is 20.3. The molecule has 0 bridgehead atoms. The summed E-state index contributed by atoms with van der Waals surface area (Å²) in [6.07, 6.45) is 7.60. The van der Waals surface area contributed by atoms with Gasteiger partial charge in [-0.3, -0.25) is 4.98 Å². The molecule has 0 aliphatic carbocycles. The number of rotatable bonds is 3. The van der Waals surface area contributed by atoms with Crippen molar-refractivity contribution in [3.05, 3.63) is 127 Å². The standard InChI is InChI=1S/C36H23N3O2/c1-2-5-26-22(4-1)8-9-23-10-11-24(18-28(23)26)39(25-12-13-27-29-20-37-16-14-32(29)41-35(27)19-25)31-6-3-7-34-36(31)30-21-38-17-15-33(30)40-34/h1-19,21,37H,20H2. The fraction of sp³-hybridized carbons (Fsp3) is 0.0278. The van der Waals surface area contributed by atoms with Crippen LogP contribution in [0.5, 0.6) is 0 Å². The third kappa shape index (κ3) is 3.33. The van der Waals surface area contributed by atoms with Gasteiger partial charge in [0.15, 0.2) is 0 Å². The van der Waals surface area contributed by atoms with Gasteiger partial charge in [0.25, 0.3) is 0 Å². The molecule has 0 saturated heterocycles. The zero-order valence-corrected chi connectivity index (χ0v) is 22.0. The van der Waals surface area contributed by atoms with Crippen molar-refractivity contribution < 1.29 is 8.83 Å². The lowest BCUT2D eigenvalue weighted by Gasteiger charge is -2.26. The van der Waals surface area contributed by atoms with Crippen LogP contribution < -0.4 is 10.2 Å². The van der Waals surface area contributed by atoms with Gasteiger partial charge in [0, 0.05) is 58.9 Å². The number of anilines is 3. The van der Waals surface area contributed by atoms with E-state index in [1.807, 2.05) is 30.6 Å². The molecule has 5 nitrogen and oxygen atoms in total. The lowest BCUT2D eigenvalue weighted by atomic mass is 10.0. The SMILES string of the molecule is C1=Cc2oc3cc(N(c4ccc5ccc6ccccc6c5c4)c4cccc5oc6ccncc6c45)ccc3c2CN1. The molecule has 1 aliphatic heterocycles. The van der Waals surface area contributed by atoms with Crippen molar-refractivity contribution in [2.24, 2.45) is 0 Å². The molecular formula is C36H23N3O2. The number of furan rings is 2. The van der Waals surface area contributed by atoms with Gasteiger partial charge in [-0.25, -0.2) is 0 Å². The van der Waals surface area contributed by atoms with Crippen LogP contribution in [0.25, 0.3) is 60.5 Å². The highest BCUT2D eigenvalue weighted by Gasteiger charge is 2.22. The van der Waals surface area contributed by atoms with E-state index in [-0.39, 0.29) is 0 Å². The predicted molar refractivity (Wildman–Crippen MR) is 167 cm³/mol. The van der Waals surface area contributed by atoms with Gasteiger partial charge in [-0.15, -0.1) is 0 Å². The van der Waals surface area contributed by atoms with Crippen molar-refractivity contribution in [2.45, 2.75) is 6.54 Å². The summed E-state index contributed by atoms with van der Waals surface area (Å²) < 4.78 is 12.6. The van der Waals surface area contributed by atoms with Gasteiger partial charge in [-0.05, 0) is 70.1 Å². The van der Waals surface area contributed by atoms with Crippen LogP contribution in [0, 0.1) is 0 Å². The summed E-state index contributed by atoms with van der Waals surface area (Å²) >= 11 is 0. The van der Waals surface area contributed by atoms with Crippen molar-refractivity contribution in [2.75, 3.05) is 4.90 Å². The number of fused-ring (bicyclic) bond motifs is 9. The molecule has 0 spiro atoms. The molecule has 9 rings (SSSR count). The lowest BCUT2D eigenvalue weighted by Crippen LogP contribution is -2.10. The lowest BCUT2D eigenvalue weighted by molar-refractivity contribution is 0.592. The number of nitrogens with zero attached hydrogens (tertiary/aromatic N) is 2. The van der Waals surface area contributed by atoms with Crippen LogP contribution in [-0.4, -0.2) is 4.98 Å². The molecule has 1 N–H and O–H groups in total. The topological polar surface area (TPSA) is 54.4 Å². The molecule has 0 fully saturated rings. The molecule has 0 amide bonds. The Morgan fingerprint density at radius 1 is 0.659 bits per heavy atom. The Balaban J connectivity index is 1.35. The van der Waals surface area contributed by atoms with Crippen molar-refractivity contribution in [3.8, 4) is 0 Å². The van der Waals surface area contributed by atoms with Crippen LogP contribution in [0.1, 0.15) is 11.3 Å². The first-order valence-electron chi connectivity index (χ1n) is 13.7. The van der Waals surface area contributed by atoms with Crippen LogP contribution in [0.2, 0.25) is 0 Å². The van der Waals surface area contributed by atoms with E-state index in [0.29, 0.717) is 0 Å². The van der Waals surface area contributed by atoms with E-state index in [0.717, 1.165) is 62.3 Å². The fourth-order valence-electron chi connectivity index (χ4n) is 6.30. The second kappa shape index (κ2) is 8.47. The van der Waals surface area contributed by atoms with E-state index in [4.69, 9.17) is 8.83 Å². The number of benzene rings is 5. The van der Waals surface area contributed by atoms with Crippen molar-refractivity contribution >= 4 is 77.6 Å². The smallest absolute Gasteiger partial charge is 0.138 e. The number of hydrogen-bond acceptors (Lipinski definition) is 5. The summed E-state index contributed by atoms with van der Waals surface area (Å²) in [5.41, 5.74) is 6.77. The van der Waals surface area contributed by atoms with Crippen molar-refractivity contribution in [3.63, 3.8) is 0 Å². The molecule has 5 aromatic carbocycles. The quantitative estimate of drug-likeness (QED) is 0.231. The highest BCUT2D eigenvalue weighted by atomic mass is 16.3. The van der Waals surface area contributed by atoms with E-state index < -0.39 is 0 Å². The van der Waals surface area contributed by atoms with Gasteiger partial charge in [0.05, 0.1) is 11.1 Å². The number of aromatic nitrogens is 1. The molecule has 0 saturated carbocycles. The molecule has 41 heavy (non-hydrogen) atoms. The Labute approximate surface area is 234 Å². The molecule has 4 heterocycles. The fourth-order valence-corrected chi connectivity index (χ4v) is 6.30. The molecule has 5 heteroatoms. The van der Waals surface area contributed by atoms with Gasteiger partial charge < -0.3 is 19.1 Å². The minimum absolute atomic E-state index is 0.757. The Bertz CT molecular complexity index is 2340. The molecule has 3 aromatic heterocycles. The van der Waals surface area contributed by atoms with Crippen LogP contribution in [0.15, 0.2) is 124 Å². The molecule has 0 radical (unpaired) electrons. The maximum absolute atomic E-state index is 6.34. The second-order valence-electron chi connectivity index (χ2n) is 10.5. The summed E-state index contributed by atoms with van der Waals surface area (Å²) in [5.74, 6) is 0.911. The Morgan fingerprint density at radius 2 is 1.51 bits per heavy atom. The Kier molecular flexibility index (Phi) is 4.61. The summed E-state index contributed by atoms with van der Waals surface area (Å²) in [6.45, 7) is 0.757. The van der Waals surface area contributed by atoms with Crippen molar-refractivity contribution in [1.29, 1.82) is 0 Å². The van der Waals surface area contributed by atoms with Gasteiger partial charge in [0.2, 0.25) is 0 Å². The summed E-state index contributed by atoms with van der Waals surface area (Å²) in [5, 5.41) is 11.3.